The SMILES string of the molecule is Cc1nn(C)c(C)c1CC(N)c1cncc(F)c1. The minimum Gasteiger partial charge on any atom is -0.324 e. The Morgan fingerprint density at radius 3 is 2.67 bits per heavy atom. The van der Waals surface area contributed by atoms with E-state index in [-0.39, 0.29) is 11.9 Å². The number of rotatable bonds is 3. The van der Waals surface area contributed by atoms with Crippen molar-refractivity contribution in [1.29, 1.82) is 0 Å². The molecule has 96 valence electrons. The average molecular weight is 248 g/mol. The van der Waals surface area contributed by atoms with Crippen LogP contribution in [0.15, 0.2) is 18.5 Å². The summed E-state index contributed by atoms with van der Waals surface area (Å²) in [6.45, 7) is 3.96. The minimum atomic E-state index is -0.359. The summed E-state index contributed by atoms with van der Waals surface area (Å²) in [6, 6.07) is 1.16. The van der Waals surface area contributed by atoms with Crippen LogP contribution in [0.3, 0.4) is 0 Å². The third-order valence-corrected chi connectivity index (χ3v) is 3.24. The van der Waals surface area contributed by atoms with Gasteiger partial charge in [-0.3, -0.25) is 9.67 Å². The Morgan fingerprint density at radius 2 is 2.11 bits per heavy atom. The van der Waals surface area contributed by atoms with Crippen molar-refractivity contribution in [3.8, 4) is 0 Å². The quantitative estimate of drug-likeness (QED) is 0.901. The highest BCUT2D eigenvalue weighted by Gasteiger charge is 2.15. The first kappa shape index (κ1) is 12.7. The Bertz CT molecular complexity index is 562. The molecule has 2 rings (SSSR count). The molecule has 0 radical (unpaired) electrons. The summed E-state index contributed by atoms with van der Waals surface area (Å²) < 4.78 is 14.9. The van der Waals surface area contributed by atoms with E-state index in [1.807, 2.05) is 25.6 Å². The van der Waals surface area contributed by atoms with Crippen molar-refractivity contribution in [3.05, 3.63) is 46.8 Å². The van der Waals surface area contributed by atoms with Crippen LogP contribution in [-0.2, 0) is 13.5 Å². The highest BCUT2D eigenvalue weighted by atomic mass is 19.1. The van der Waals surface area contributed by atoms with E-state index in [9.17, 15) is 4.39 Å². The van der Waals surface area contributed by atoms with Crippen molar-refractivity contribution in [2.24, 2.45) is 12.8 Å². The first-order valence-corrected chi connectivity index (χ1v) is 5.84. The number of pyridine rings is 1. The molecule has 0 saturated carbocycles. The molecule has 5 heteroatoms. The Hall–Kier alpha value is -1.75. The van der Waals surface area contributed by atoms with Gasteiger partial charge >= 0.3 is 0 Å². The number of aromatic nitrogens is 3. The largest absolute Gasteiger partial charge is 0.324 e. The second kappa shape index (κ2) is 4.86. The lowest BCUT2D eigenvalue weighted by Gasteiger charge is -2.12. The van der Waals surface area contributed by atoms with Gasteiger partial charge in [0.25, 0.3) is 0 Å². The molecule has 2 aromatic heterocycles. The normalized spacial score (nSPS) is 12.7. The second-order valence-electron chi connectivity index (χ2n) is 4.52. The Balaban J connectivity index is 2.24. The molecule has 0 fully saturated rings. The van der Waals surface area contributed by atoms with Gasteiger partial charge in [0.05, 0.1) is 11.9 Å². The first-order valence-electron chi connectivity index (χ1n) is 5.84. The molecule has 2 heterocycles. The molecule has 0 saturated heterocycles. The smallest absolute Gasteiger partial charge is 0.141 e. The highest BCUT2D eigenvalue weighted by Crippen LogP contribution is 2.20. The maximum absolute atomic E-state index is 13.1. The van der Waals surface area contributed by atoms with E-state index in [4.69, 9.17) is 5.73 Å². The van der Waals surface area contributed by atoms with Gasteiger partial charge in [0.15, 0.2) is 0 Å². The predicted octanol–water partition coefficient (Wildman–Crippen LogP) is 1.81. The third kappa shape index (κ3) is 2.41. The number of halogens is 1. The maximum Gasteiger partial charge on any atom is 0.141 e. The van der Waals surface area contributed by atoms with E-state index in [2.05, 4.69) is 10.1 Å². The molecular weight excluding hydrogens is 231 g/mol. The molecule has 0 bridgehead atoms. The van der Waals surface area contributed by atoms with Crippen LogP contribution in [0.1, 0.15) is 28.6 Å². The topological polar surface area (TPSA) is 56.7 Å². The molecule has 0 aliphatic carbocycles. The average Bonchev–Trinajstić information content (AvgIpc) is 2.56. The Kier molecular flexibility index (Phi) is 3.43. The standard InChI is InChI=1S/C13H17FN4/c1-8-12(9(2)18(3)17-8)5-13(15)10-4-11(14)7-16-6-10/h4,6-7,13H,5,15H2,1-3H3. The fourth-order valence-electron chi connectivity index (χ4n) is 2.08. The summed E-state index contributed by atoms with van der Waals surface area (Å²) >= 11 is 0. The van der Waals surface area contributed by atoms with Crippen LogP contribution in [-0.4, -0.2) is 14.8 Å². The number of hydrogen-bond acceptors (Lipinski definition) is 3. The lowest BCUT2D eigenvalue weighted by molar-refractivity contribution is 0.610. The highest BCUT2D eigenvalue weighted by molar-refractivity contribution is 5.27. The number of hydrogen-bond donors (Lipinski definition) is 1. The van der Waals surface area contributed by atoms with Gasteiger partial charge in [0.2, 0.25) is 0 Å². The molecule has 4 nitrogen and oxygen atoms in total. The van der Waals surface area contributed by atoms with Crippen LogP contribution in [0.2, 0.25) is 0 Å². The van der Waals surface area contributed by atoms with Crippen molar-refractivity contribution in [2.75, 3.05) is 0 Å². The van der Waals surface area contributed by atoms with Crippen LogP contribution < -0.4 is 5.73 Å². The lowest BCUT2D eigenvalue weighted by atomic mass is 10.00. The van der Waals surface area contributed by atoms with Crippen LogP contribution in [0, 0.1) is 19.7 Å². The molecule has 0 aromatic carbocycles. The van der Waals surface area contributed by atoms with E-state index in [1.165, 1.54) is 12.3 Å². The molecule has 2 aromatic rings. The summed E-state index contributed by atoms with van der Waals surface area (Å²) in [5.41, 5.74) is 9.98. The molecule has 0 aliphatic heterocycles. The number of aryl methyl sites for hydroxylation is 2. The van der Waals surface area contributed by atoms with Gasteiger partial charge in [0.1, 0.15) is 5.82 Å². The number of nitrogens with two attached hydrogens (primary N) is 1. The second-order valence-corrected chi connectivity index (χ2v) is 4.52. The summed E-state index contributed by atoms with van der Waals surface area (Å²) in [5, 5.41) is 4.35. The predicted molar refractivity (Wildman–Crippen MR) is 67.5 cm³/mol. The minimum absolute atomic E-state index is 0.269. The lowest BCUT2D eigenvalue weighted by Crippen LogP contribution is -2.14. The summed E-state index contributed by atoms with van der Waals surface area (Å²) in [7, 11) is 1.90. The molecule has 0 amide bonds. The Labute approximate surface area is 106 Å². The summed E-state index contributed by atoms with van der Waals surface area (Å²) in [5.74, 6) is -0.359. The van der Waals surface area contributed by atoms with Crippen LogP contribution in [0.4, 0.5) is 4.39 Å². The van der Waals surface area contributed by atoms with Gasteiger partial charge in [0, 0.05) is 25.0 Å². The zero-order chi connectivity index (χ0) is 13.3. The van der Waals surface area contributed by atoms with E-state index in [0.29, 0.717) is 12.0 Å². The number of nitrogens with zero attached hydrogens (tertiary/aromatic N) is 3. The van der Waals surface area contributed by atoms with Gasteiger partial charge in [-0.25, -0.2) is 4.39 Å². The van der Waals surface area contributed by atoms with Crippen LogP contribution in [0.5, 0.6) is 0 Å². The van der Waals surface area contributed by atoms with E-state index in [1.54, 1.807) is 6.20 Å². The summed E-state index contributed by atoms with van der Waals surface area (Å²) in [4.78, 5) is 3.82. The van der Waals surface area contributed by atoms with Crippen molar-refractivity contribution < 1.29 is 4.39 Å². The van der Waals surface area contributed by atoms with Gasteiger partial charge in [-0.2, -0.15) is 5.10 Å². The summed E-state index contributed by atoms with van der Waals surface area (Å²) in [6.07, 6.45) is 3.42. The zero-order valence-electron chi connectivity index (χ0n) is 10.8. The maximum atomic E-state index is 13.1. The Morgan fingerprint density at radius 1 is 1.39 bits per heavy atom. The molecule has 0 spiro atoms. The molecule has 18 heavy (non-hydrogen) atoms. The van der Waals surface area contributed by atoms with E-state index in [0.717, 1.165) is 17.0 Å². The molecule has 2 N–H and O–H groups in total. The van der Waals surface area contributed by atoms with Crippen LogP contribution >= 0.6 is 0 Å². The van der Waals surface area contributed by atoms with Gasteiger partial charge in [-0.1, -0.05) is 0 Å². The third-order valence-electron chi connectivity index (χ3n) is 3.24. The van der Waals surface area contributed by atoms with E-state index >= 15 is 0 Å². The molecule has 1 atom stereocenters. The van der Waals surface area contributed by atoms with Crippen LogP contribution in [0.25, 0.3) is 0 Å². The fraction of sp³-hybridized carbons (Fsp3) is 0.385. The molecular formula is C13H17FN4. The molecule has 1 unspecified atom stereocenters. The van der Waals surface area contributed by atoms with E-state index < -0.39 is 0 Å². The van der Waals surface area contributed by atoms with Crippen molar-refractivity contribution in [2.45, 2.75) is 26.3 Å². The fourth-order valence-corrected chi connectivity index (χ4v) is 2.08. The zero-order valence-corrected chi connectivity index (χ0v) is 10.8. The van der Waals surface area contributed by atoms with Crippen molar-refractivity contribution in [1.82, 2.24) is 14.8 Å². The monoisotopic (exact) mass is 248 g/mol. The van der Waals surface area contributed by atoms with Gasteiger partial charge in [-0.05, 0) is 37.5 Å². The van der Waals surface area contributed by atoms with Gasteiger partial charge < -0.3 is 5.73 Å². The van der Waals surface area contributed by atoms with Gasteiger partial charge in [-0.15, -0.1) is 0 Å². The van der Waals surface area contributed by atoms with Crippen molar-refractivity contribution in [3.63, 3.8) is 0 Å². The first-order chi connectivity index (χ1) is 8.49. The molecule has 0 aliphatic rings. The van der Waals surface area contributed by atoms with Crippen molar-refractivity contribution >= 4 is 0 Å².